The van der Waals surface area contributed by atoms with Crippen LogP contribution in [0.4, 0.5) is 5.95 Å². The second-order valence-electron chi connectivity index (χ2n) is 8.10. The molecule has 0 unspecified atom stereocenters. The fourth-order valence-electron chi connectivity index (χ4n) is 4.87. The van der Waals surface area contributed by atoms with Crippen molar-refractivity contribution < 1.29 is 9.90 Å². The molecule has 8 heteroatoms. The SMILES string of the molecule is Cc1nc(CC(=O)N2[C@H]3CC[C@@H]2c2cnc(N4CCC[C@H](O)C4)nc2C3)cs1. The molecule has 5 heterocycles. The van der Waals surface area contributed by atoms with Crippen LogP contribution in [0, 0.1) is 6.92 Å². The molecule has 5 rings (SSSR count). The molecule has 0 saturated carbocycles. The van der Waals surface area contributed by atoms with E-state index in [2.05, 4.69) is 19.8 Å². The number of rotatable bonds is 3. The van der Waals surface area contributed by atoms with Gasteiger partial charge < -0.3 is 14.9 Å². The maximum absolute atomic E-state index is 13.0. The van der Waals surface area contributed by atoms with Crippen LogP contribution in [0.1, 0.15) is 53.7 Å². The van der Waals surface area contributed by atoms with Crippen molar-refractivity contribution in [1.29, 1.82) is 0 Å². The third-order valence-corrected chi connectivity index (χ3v) is 6.97. The van der Waals surface area contributed by atoms with Gasteiger partial charge >= 0.3 is 0 Å². The van der Waals surface area contributed by atoms with E-state index in [1.165, 1.54) is 0 Å². The molecule has 3 atom stereocenters. The van der Waals surface area contributed by atoms with Crippen molar-refractivity contribution in [3.8, 4) is 0 Å². The van der Waals surface area contributed by atoms with Gasteiger partial charge in [-0.1, -0.05) is 0 Å². The molecule has 1 N–H and O–H groups in total. The lowest BCUT2D eigenvalue weighted by molar-refractivity contribution is -0.134. The Balaban J connectivity index is 1.37. The lowest BCUT2D eigenvalue weighted by atomic mass is 9.98. The number of amides is 1. The van der Waals surface area contributed by atoms with Crippen molar-refractivity contribution in [3.05, 3.63) is 33.5 Å². The van der Waals surface area contributed by atoms with Crippen LogP contribution < -0.4 is 4.90 Å². The molecule has 2 aromatic heterocycles. The van der Waals surface area contributed by atoms with Gasteiger partial charge in [0.2, 0.25) is 11.9 Å². The van der Waals surface area contributed by atoms with Gasteiger partial charge in [0.05, 0.1) is 35.0 Å². The minimum absolute atomic E-state index is 0.0852. The average Bonchev–Trinajstić information content (AvgIpc) is 3.23. The summed E-state index contributed by atoms with van der Waals surface area (Å²) in [6, 6.07) is 0.307. The highest BCUT2D eigenvalue weighted by atomic mass is 32.1. The van der Waals surface area contributed by atoms with Crippen LogP contribution in [0.15, 0.2) is 11.6 Å². The quantitative estimate of drug-likeness (QED) is 0.850. The van der Waals surface area contributed by atoms with Gasteiger partial charge in [-0.3, -0.25) is 4.79 Å². The highest BCUT2D eigenvalue weighted by molar-refractivity contribution is 7.09. The smallest absolute Gasteiger partial charge is 0.229 e. The predicted octanol–water partition coefficient (Wildman–Crippen LogP) is 2.03. The van der Waals surface area contributed by atoms with Crippen LogP contribution in [0.25, 0.3) is 0 Å². The standard InChI is InChI=1S/C20H25N5O2S/c1-12-22-13(11-28-12)7-19(27)25-14-4-5-18(25)16-9-21-20(23-17(16)8-14)24-6-2-3-15(26)10-24/h9,11,14-15,18,26H,2-8,10H2,1H3/t14-,15-,18+/m0/s1. The van der Waals surface area contributed by atoms with Crippen molar-refractivity contribution in [3.63, 3.8) is 0 Å². The molecule has 3 aliphatic heterocycles. The van der Waals surface area contributed by atoms with E-state index in [0.717, 1.165) is 66.6 Å². The van der Waals surface area contributed by atoms with E-state index in [1.54, 1.807) is 11.3 Å². The third-order valence-electron chi connectivity index (χ3n) is 6.14. The summed E-state index contributed by atoms with van der Waals surface area (Å²) in [5.41, 5.74) is 3.04. The molecule has 3 aliphatic rings. The summed E-state index contributed by atoms with van der Waals surface area (Å²) in [6.45, 7) is 3.46. The highest BCUT2D eigenvalue weighted by Crippen LogP contribution is 2.43. The normalized spacial score (nSPS) is 26.4. The van der Waals surface area contributed by atoms with E-state index in [9.17, 15) is 9.90 Å². The van der Waals surface area contributed by atoms with Crippen molar-refractivity contribution in [2.75, 3.05) is 18.0 Å². The topological polar surface area (TPSA) is 82.5 Å². The van der Waals surface area contributed by atoms with Gasteiger partial charge in [-0.2, -0.15) is 0 Å². The fraction of sp³-hybridized carbons (Fsp3) is 0.600. The first-order valence-corrected chi connectivity index (χ1v) is 11.0. The van der Waals surface area contributed by atoms with Crippen LogP contribution in [0.3, 0.4) is 0 Å². The van der Waals surface area contributed by atoms with Crippen molar-refractivity contribution in [2.24, 2.45) is 0 Å². The van der Waals surface area contributed by atoms with Crippen LogP contribution in [-0.2, 0) is 17.6 Å². The molecule has 1 amide bonds. The number of fused-ring (bicyclic) bond motifs is 4. The molecule has 0 aliphatic carbocycles. The monoisotopic (exact) mass is 399 g/mol. The van der Waals surface area contributed by atoms with E-state index in [-0.39, 0.29) is 24.1 Å². The summed E-state index contributed by atoms with van der Waals surface area (Å²) >= 11 is 1.59. The second-order valence-corrected chi connectivity index (χ2v) is 9.16. The molecule has 2 fully saturated rings. The Kier molecular flexibility index (Phi) is 4.55. The number of aliphatic hydroxyl groups excluding tert-OH is 1. The zero-order chi connectivity index (χ0) is 19.3. The van der Waals surface area contributed by atoms with Crippen LogP contribution in [0.5, 0.6) is 0 Å². The van der Waals surface area contributed by atoms with Gasteiger partial charge in [0.15, 0.2) is 0 Å². The highest BCUT2D eigenvalue weighted by Gasteiger charge is 2.43. The Morgan fingerprint density at radius 3 is 3.00 bits per heavy atom. The zero-order valence-corrected chi connectivity index (χ0v) is 16.9. The number of carbonyl (C=O) groups is 1. The van der Waals surface area contributed by atoms with Gasteiger partial charge in [0.1, 0.15) is 0 Å². The molecule has 148 valence electrons. The number of thiazole rings is 1. The third kappa shape index (κ3) is 3.18. The minimum Gasteiger partial charge on any atom is -0.391 e. The van der Waals surface area contributed by atoms with E-state index in [0.29, 0.717) is 13.0 Å². The first-order chi connectivity index (χ1) is 13.6. The Hall–Kier alpha value is -2.06. The Morgan fingerprint density at radius 1 is 1.32 bits per heavy atom. The zero-order valence-electron chi connectivity index (χ0n) is 16.0. The van der Waals surface area contributed by atoms with Crippen molar-refractivity contribution in [1.82, 2.24) is 19.9 Å². The number of nitrogens with zero attached hydrogens (tertiary/aromatic N) is 5. The summed E-state index contributed by atoms with van der Waals surface area (Å²) in [7, 11) is 0. The van der Waals surface area contributed by atoms with Crippen LogP contribution in [0.2, 0.25) is 0 Å². The first kappa shape index (κ1) is 18.0. The molecule has 28 heavy (non-hydrogen) atoms. The number of aryl methyl sites for hydroxylation is 1. The number of β-amino-alcohol motifs (C(OH)–C–C–N with tert-alkyl or cyclic N) is 1. The van der Waals surface area contributed by atoms with Crippen molar-refractivity contribution in [2.45, 2.75) is 63.6 Å². The minimum atomic E-state index is -0.299. The second kappa shape index (κ2) is 7.08. The van der Waals surface area contributed by atoms with Gasteiger partial charge in [0.25, 0.3) is 0 Å². The van der Waals surface area contributed by atoms with Crippen LogP contribution in [-0.4, -0.2) is 56.1 Å². The van der Waals surface area contributed by atoms with Gasteiger partial charge in [-0.15, -0.1) is 11.3 Å². The Morgan fingerprint density at radius 2 is 2.21 bits per heavy atom. The first-order valence-electron chi connectivity index (χ1n) is 10.1. The van der Waals surface area contributed by atoms with E-state index >= 15 is 0 Å². The molecule has 2 aromatic rings. The summed E-state index contributed by atoms with van der Waals surface area (Å²) in [4.78, 5) is 31.1. The van der Waals surface area contributed by atoms with Gasteiger partial charge in [-0.25, -0.2) is 15.0 Å². The molecule has 0 spiro atoms. The van der Waals surface area contributed by atoms with Gasteiger partial charge in [0, 0.05) is 42.7 Å². The van der Waals surface area contributed by atoms with Crippen molar-refractivity contribution >= 4 is 23.2 Å². The summed E-state index contributed by atoms with van der Waals surface area (Å²) in [5, 5.41) is 12.9. The number of hydrogen-bond acceptors (Lipinski definition) is 7. The largest absolute Gasteiger partial charge is 0.391 e. The predicted molar refractivity (Wildman–Crippen MR) is 106 cm³/mol. The maximum Gasteiger partial charge on any atom is 0.229 e. The number of piperidine rings is 1. The number of hydrogen-bond donors (Lipinski definition) is 1. The lowest BCUT2D eigenvalue weighted by Crippen LogP contribution is -2.44. The van der Waals surface area contributed by atoms with E-state index in [4.69, 9.17) is 4.98 Å². The summed E-state index contributed by atoms with van der Waals surface area (Å²) in [5.74, 6) is 0.876. The lowest BCUT2D eigenvalue weighted by Gasteiger charge is -2.36. The molecular formula is C20H25N5O2S. The average molecular weight is 400 g/mol. The molecule has 0 aromatic carbocycles. The Labute approximate surface area is 168 Å². The molecular weight excluding hydrogens is 374 g/mol. The van der Waals surface area contributed by atoms with E-state index in [1.807, 2.05) is 18.5 Å². The van der Waals surface area contributed by atoms with Crippen LogP contribution >= 0.6 is 11.3 Å². The number of aromatic nitrogens is 3. The van der Waals surface area contributed by atoms with E-state index < -0.39 is 0 Å². The van der Waals surface area contributed by atoms with Gasteiger partial charge in [-0.05, 0) is 32.6 Å². The fourth-order valence-corrected chi connectivity index (χ4v) is 5.48. The molecule has 2 saturated heterocycles. The molecule has 7 nitrogen and oxygen atoms in total. The summed E-state index contributed by atoms with van der Waals surface area (Å²) in [6.07, 6.45) is 6.58. The maximum atomic E-state index is 13.0. The number of carbonyl (C=O) groups excluding carboxylic acids is 1. The molecule has 0 radical (unpaired) electrons. The Bertz CT molecular complexity index is 900. The number of anilines is 1. The summed E-state index contributed by atoms with van der Waals surface area (Å²) < 4.78 is 0. The number of aliphatic hydroxyl groups is 1. The molecule has 2 bridgehead atoms.